The fourth-order valence-electron chi connectivity index (χ4n) is 2.77. The molecule has 4 nitrogen and oxygen atoms in total. The Balaban J connectivity index is 1.89. The monoisotopic (exact) mass is 309 g/mol. The maximum absolute atomic E-state index is 10.9. The van der Waals surface area contributed by atoms with Gasteiger partial charge in [-0.25, -0.2) is 0 Å². The van der Waals surface area contributed by atoms with Crippen molar-refractivity contribution >= 4 is 5.69 Å². The van der Waals surface area contributed by atoms with Gasteiger partial charge in [-0.05, 0) is 24.3 Å². The summed E-state index contributed by atoms with van der Waals surface area (Å²) in [4.78, 5) is 2.24. The van der Waals surface area contributed by atoms with E-state index in [4.69, 9.17) is 11.2 Å². The SMILES string of the molecule is C#CC(O)(c1ccc(O)cc1)c1ccc(N2CCOCC2)cc1. The lowest BCUT2D eigenvalue weighted by atomic mass is 9.87. The number of ether oxygens (including phenoxy) is 1. The van der Waals surface area contributed by atoms with E-state index in [1.54, 1.807) is 12.1 Å². The van der Waals surface area contributed by atoms with Crippen molar-refractivity contribution < 1.29 is 14.9 Å². The predicted molar refractivity (Wildman–Crippen MR) is 89.4 cm³/mol. The maximum atomic E-state index is 10.9. The van der Waals surface area contributed by atoms with Crippen LogP contribution in [0.1, 0.15) is 11.1 Å². The second-order valence-electron chi connectivity index (χ2n) is 5.55. The number of aromatic hydroxyl groups is 1. The summed E-state index contributed by atoms with van der Waals surface area (Å²) in [6.45, 7) is 3.17. The molecule has 0 aliphatic carbocycles. The molecule has 1 aliphatic rings. The van der Waals surface area contributed by atoms with Gasteiger partial charge >= 0.3 is 0 Å². The van der Waals surface area contributed by atoms with Crippen LogP contribution in [0.4, 0.5) is 5.69 Å². The van der Waals surface area contributed by atoms with Gasteiger partial charge in [0.05, 0.1) is 13.2 Å². The van der Waals surface area contributed by atoms with E-state index in [0.717, 1.165) is 32.0 Å². The second kappa shape index (κ2) is 6.33. The van der Waals surface area contributed by atoms with Crippen molar-refractivity contribution in [1.82, 2.24) is 0 Å². The zero-order valence-corrected chi connectivity index (χ0v) is 12.8. The molecule has 0 radical (unpaired) electrons. The van der Waals surface area contributed by atoms with Crippen LogP contribution < -0.4 is 4.90 Å². The number of aliphatic hydroxyl groups is 1. The molecule has 1 saturated heterocycles. The van der Waals surface area contributed by atoms with E-state index in [0.29, 0.717) is 11.1 Å². The summed E-state index contributed by atoms with van der Waals surface area (Å²) in [6.07, 6.45) is 5.60. The van der Waals surface area contributed by atoms with Crippen molar-refractivity contribution in [2.75, 3.05) is 31.2 Å². The van der Waals surface area contributed by atoms with Crippen LogP contribution in [-0.4, -0.2) is 36.5 Å². The van der Waals surface area contributed by atoms with Crippen molar-refractivity contribution in [2.24, 2.45) is 0 Å². The van der Waals surface area contributed by atoms with Gasteiger partial charge < -0.3 is 19.8 Å². The van der Waals surface area contributed by atoms with Gasteiger partial charge in [0.1, 0.15) is 5.75 Å². The number of anilines is 1. The first-order chi connectivity index (χ1) is 11.1. The fourth-order valence-corrected chi connectivity index (χ4v) is 2.77. The molecule has 118 valence electrons. The largest absolute Gasteiger partial charge is 0.508 e. The molecular formula is C19H19NO3. The summed E-state index contributed by atoms with van der Waals surface area (Å²) < 4.78 is 5.36. The molecule has 0 aromatic heterocycles. The number of terminal acetylenes is 1. The van der Waals surface area contributed by atoms with Gasteiger partial charge in [-0.3, -0.25) is 0 Å². The van der Waals surface area contributed by atoms with Crippen molar-refractivity contribution in [3.8, 4) is 18.1 Å². The van der Waals surface area contributed by atoms with E-state index in [9.17, 15) is 10.2 Å². The van der Waals surface area contributed by atoms with Crippen LogP contribution in [0, 0.1) is 12.3 Å². The van der Waals surface area contributed by atoms with Crippen molar-refractivity contribution in [3.63, 3.8) is 0 Å². The highest BCUT2D eigenvalue weighted by Gasteiger charge is 2.29. The number of nitrogens with zero attached hydrogens (tertiary/aromatic N) is 1. The molecule has 4 heteroatoms. The van der Waals surface area contributed by atoms with Crippen molar-refractivity contribution in [3.05, 3.63) is 59.7 Å². The minimum absolute atomic E-state index is 0.135. The first-order valence-corrected chi connectivity index (χ1v) is 7.56. The van der Waals surface area contributed by atoms with Crippen LogP contribution in [0.3, 0.4) is 0 Å². The van der Waals surface area contributed by atoms with Crippen LogP contribution in [0.15, 0.2) is 48.5 Å². The zero-order valence-electron chi connectivity index (χ0n) is 12.8. The summed E-state index contributed by atoms with van der Waals surface area (Å²) in [5.41, 5.74) is 0.749. The zero-order chi connectivity index (χ0) is 16.3. The summed E-state index contributed by atoms with van der Waals surface area (Å²) in [7, 11) is 0. The Morgan fingerprint density at radius 3 is 2.00 bits per heavy atom. The van der Waals surface area contributed by atoms with Crippen LogP contribution in [0.2, 0.25) is 0 Å². The number of hydrogen-bond donors (Lipinski definition) is 2. The maximum Gasteiger partial charge on any atom is 0.176 e. The van der Waals surface area contributed by atoms with Gasteiger partial charge in [-0.15, -0.1) is 6.42 Å². The summed E-state index contributed by atoms with van der Waals surface area (Å²) in [6, 6.07) is 13.9. The van der Waals surface area contributed by atoms with E-state index in [2.05, 4.69) is 10.8 Å². The molecule has 1 unspecified atom stereocenters. The van der Waals surface area contributed by atoms with Crippen LogP contribution in [0.5, 0.6) is 5.75 Å². The Hall–Kier alpha value is -2.48. The van der Waals surface area contributed by atoms with Gasteiger partial charge in [-0.1, -0.05) is 30.2 Å². The molecule has 2 N–H and O–H groups in total. The van der Waals surface area contributed by atoms with E-state index in [1.807, 2.05) is 24.3 Å². The Morgan fingerprint density at radius 1 is 0.957 bits per heavy atom. The van der Waals surface area contributed by atoms with Gasteiger partial charge in [-0.2, -0.15) is 0 Å². The Bertz CT molecular complexity index is 697. The minimum atomic E-state index is -1.52. The number of phenolic OH excluding ortho intramolecular Hbond substituents is 1. The van der Waals surface area contributed by atoms with Gasteiger partial charge in [0.2, 0.25) is 0 Å². The Kier molecular flexibility index (Phi) is 4.24. The standard InChI is InChI=1S/C19H19NO3/c1-2-19(22,16-5-9-18(21)10-6-16)15-3-7-17(8-4-15)20-11-13-23-14-12-20/h1,3-10,21-22H,11-14H2. The van der Waals surface area contributed by atoms with Gasteiger partial charge in [0.25, 0.3) is 0 Å². The van der Waals surface area contributed by atoms with Gasteiger partial charge in [0, 0.05) is 29.9 Å². The molecule has 2 aromatic carbocycles. The lowest BCUT2D eigenvalue weighted by Crippen LogP contribution is -2.36. The summed E-state index contributed by atoms with van der Waals surface area (Å²) in [5.74, 6) is 2.60. The molecule has 0 saturated carbocycles. The number of hydrogen-bond acceptors (Lipinski definition) is 4. The molecule has 0 amide bonds. The van der Waals surface area contributed by atoms with Crippen LogP contribution in [-0.2, 0) is 10.3 Å². The van der Waals surface area contributed by atoms with E-state index >= 15 is 0 Å². The highest BCUT2D eigenvalue weighted by molar-refractivity contribution is 5.52. The van der Waals surface area contributed by atoms with E-state index in [1.165, 1.54) is 12.1 Å². The van der Waals surface area contributed by atoms with Crippen LogP contribution >= 0.6 is 0 Å². The van der Waals surface area contributed by atoms with E-state index in [-0.39, 0.29) is 5.75 Å². The molecule has 2 aromatic rings. The molecule has 0 bridgehead atoms. The number of rotatable bonds is 3. The third kappa shape index (κ3) is 3.02. The molecule has 0 spiro atoms. The van der Waals surface area contributed by atoms with Crippen molar-refractivity contribution in [2.45, 2.75) is 5.60 Å². The molecule has 1 aliphatic heterocycles. The molecular weight excluding hydrogens is 290 g/mol. The van der Waals surface area contributed by atoms with Crippen LogP contribution in [0.25, 0.3) is 0 Å². The minimum Gasteiger partial charge on any atom is -0.508 e. The first-order valence-electron chi connectivity index (χ1n) is 7.56. The third-order valence-electron chi connectivity index (χ3n) is 4.16. The fraction of sp³-hybridized carbons (Fsp3) is 0.263. The van der Waals surface area contributed by atoms with Gasteiger partial charge in [0.15, 0.2) is 5.60 Å². The lowest BCUT2D eigenvalue weighted by molar-refractivity contribution is 0.122. The predicted octanol–water partition coefficient (Wildman–Crippen LogP) is 2.10. The summed E-state index contributed by atoms with van der Waals surface area (Å²) in [5, 5.41) is 20.3. The number of phenols is 1. The third-order valence-corrected chi connectivity index (χ3v) is 4.16. The van der Waals surface area contributed by atoms with Crippen molar-refractivity contribution in [1.29, 1.82) is 0 Å². The highest BCUT2D eigenvalue weighted by atomic mass is 16.5. The number of morpholine rings is 1. The quantitative estimate of drug-likeness (QED) is 0.853. The molecule has 1 fully saturated rings. The molecule has 3 rings (SSSR count). The Morgan fingerprint density at radius 2 is 1.48 bits per heavy atom. The second-order valence-corrected chi connectivity index (χ2v) is 5.55. The summed E-state index contributed by atoms with van der Waals surface area (Å²) >= 11 is 0. The molecule has 1 atom stereocenters. The molecule has 1 heterocycles. The normalized spacial score (nSPS) is 17.3. The van der Waals surface area contributed by atoms with E-state index < -0.39 is 5.60 Å². The average molecular weight is 309 g/mol. The topological polar surface area (TPSA) is 52.9 Å². The average Bonchev–Trinajstić information content (AvgIpc) is 2.62. The Labute approximate surface area is 135 Å². The first kappa shape index (κ1) is 15.4. The molecule has 23 heavy (non-hydrogen) atoms. The number of benzene rings is 2. The highest BCUT2D eigenvalue weighted by Crippen LogP contribution is 2.31. The smallest absolute Gasteiger partial charge is 0.176 e. The lowest BCUT2D eigenvalue weighted by Gasteiger charge is -2.30.